The molecule has 0 aliphatic carbocycles. The van der Waals surface area contributed by atoms with Crippen molar-refractivity contribution in [2.45, 2.75) is 426 Å². The summed E-state index contributed by atoms with van der Waals surface area (Å²) in [6, 6.07) is 0. The van der Waals surface area contributed by atoms with Gasteiger partial charge in [-0.3, -0.25) is 37.3 Å². The van der Waals surface area contributed by atoms with Gasteiger partial charge in [-0.2, -0.15) is 0 Å². The molecule has 0 aliphatic heterocycles. The Morgan fingerprint density at radius 3 is 0.776 bits per heavy atom. The van der Waals surface area contributed by atoms with Crippen molar-refractivity contribution in [3.8, 4) is 0 Å². The smallest absolute Gasteiger partial charge is 0.462 e. The van der Waals surface area contributed by atoms with Crippen molar-refractivity contribution in [3.05, 3.63) is 0 Å². The molecule has 0 aliphatic rings. The molecule has 0 saturated heterocycles. The van der Waals surface area contributed by atoms with E-state index in [1.807, 2.05) is 0 Å². The van der Waals surface area contributed by atoms with E-state index >= 15 is 0 Å². The fourth-order valence-corrected chi connectivity index (χ4v) is 13.6. The molecule has 98 heavy (non-hydrogen) atoms. The first-order valence-electron chi connectivity index (χ1n) is 40.9. The third-order valence-electron chi connectivity index (χ3n) is 19.1. The van der Waals surface area contributed by atoms with E-state index in [9.17, 15) is 43.2 Å². The van der Waals surface area contributed by atoms with Crippen molar-refractivity contribution in [2.24, 2.45) is 17.8 Å². The van der Waals surface area contributed by atoms with Gasteiger partial charge in [-0.05, 0) is 43.4 Å². The van der Waals surface area contributed by atoms with E-state index in [1.54, 1.807) is 0 Å². The van der Waals surface area contributed by atoms with Gasteiger partial charge >= 0.3 is 39.5 Å². The number of hydrogen-bond acceptors (Lipinski definition) is 15. The van der Waals surface area contributed by atoms with Gasteiger partial charge in [0.05, 0.1) is 26.4 Å². The zero-order valence-corrected chi connectivity index (χ0v) is 66.0. The van der Waals surface area contributed by atoms with Gasteiger partial charge in [-0.15, -0.1) is 0 Å². The molecule has 0 aromatic heterocycles. The second-order valence-corrected chi connectivity index (χ2v) is 32.3. The van der Waals surface area contributed by atoms with Crippen LogP contribution in [0.25, 0.3) is 0 Å². The Kier molecular flexibility index (Phi) is 68.1. The minimum atomic E-state index is -4.96. The fourth-order valence-electron chi connectivity index (χ4n) is 12.1. The second-order valence-electron chi connectivity index (χ2n) is 29.4. The van der Waals surface area contributed by atoms with Gasteiger partial charge in [-0.1, -0.05) is 357 Å². The Bertz CT molecular complexity index is 1910. The highest BCUT2D eigenvalue weighted by molar-refractivity contribution is 7.47. The summed E-state index contributed by atoms with van der Waals surface area (Å²) in [5.74, 6) is 0.348. The quantitative estimate of drug-likeness (QED) is 0.0222. The minimum absolute atomic E-state index is 0.105. The monoisotopic (exact) mass is 1440 g/mol. The highest BCUT2D eigenvalue weighted by Crippen LogP contribution is 2.45. The first-order chi connectivity index (χ1) is 47.3. The number of hydrogen-bond donors (Lipinski definition) is 3. The standard InChI is InChI=1S/C79H154O17P2/c1-8-11-12-43-53-60-76(81)89-66-74(95-78(83)63-56-49-42-36-30-29-33-39-46-52-59-72(7)10-3)68-93-97(85,86)91-64-73(80)65-92-98(87,88)94-69-75(67-90-77(82)61-54-47-40-34-27-23-20-19-22-26-32-38-45-51-58-71(6)9-2)96-79(84)62-55-48-41-35-28-24-18-16-14-13-15-17-21-25-31-37-44-50-57-70(4)5/h70-75,80H,8-69H2,1-7H3,(H,85,86)(H,87,88)/t71?,72?,73-,74+,75+/m0/s1. The van der Waals surface area contributed by atoms with Crippen molar-refractivity contribution in [1.29, 1.82) is 0 Å². The van der Waals surface area contributed by atoms with Crippen molar-refractivity contribution in [1.82, 2.24) is 0 Å². The molecule has 0 amide bonds. The first-order valence-corrected chi connectivity index (χ1v) is 43.9. The molecular weight excluding hydrogens is 1280 g/mol. The number of rotatable bonds is 77. The van der Waals surface area contributed by atoms with Gasteiger partial charge in [0.25, 0.3) is 0 Å². The largest absolute Gasteiger partial charge is 0.472 e. The molecule has 0 heterocycles. The van der Waals surface area contributed by atoms with E-state index in [0.29, 0.717) is 25.7 Å². The van der Waals surface area contributed by atoms with Gasteiger partial charge in [0.2, 0.25) is 0 Å². The van der Waals surface area contributed by atoms with E-state index in [2.05, 4.69) is 48.5 Å². The van der Waals surface area contributed by atoms with Crippen LogP contribution in [0.4, 0.5) is 0 Å². The number of aliphatic hydroxyl groups is 1. The number of carbonyl (C=O) groups excluding carboxylic acids is 4. The van der Waals surface area contributed by atoms with Crippen LogP contribution in [0.2, 0.25) is 0 Å². The summed E-state index contributed by atoms with van der Waals surface area (Å²) in [4.78, 5) is 72.6. The summed E-state index contributed by atoms with van der Waals surface area (Å²) in [6.45, 7) is 11.9. The predicted molar refractivity (Wildman–Crippen MR) is 400 cm³/mol. The van der Waals surface area contributed by atoms with Gasteiger partial charge in [0.15, 0.2) is 12.2 Å². The molecule has 582 valence electrons. The van der Waals surface area contributed by atoms with E-state index < -0.39 is 97.5 Å². The lowest BCUT2D eigenvalue weighted by molar-refractivity contribution is -0.161. The Morgan fingerprint density at radius 1 is 0.296 bits per heavy atom. The average molecular weight is 1440 g/mol. The Balaban J connectivity index is 5.13. The second kappa shape index (κ2) is 69.4. The first kappa shape index (κ1) is 96.1. The van der Waals surface area contributed by atoms with Gasteiger partial charge in [-0.25, -0.2) is 9.13 Å². The number of ether oxygens (including phenoxy) is 4. The van der Waals surface area contributed by atoms with Crippen LogP contribution in [0.5, 0.6) is 0 Å². The molecule has 7 atom stereocenters. The number of aliphatic hydroxyl groups excluding tert-OH is 1. The van der Waals surface area contributed by atoms with Crippen molar-refractivity contribution < 1.29 is 80.2 Å². The number of esters is 4. The maximum absolute atomic E-state index is 13.1. The summed E-state index contributed by atoms with van der Waals surface area (Å²) in [5.41, 5.74) is 0. The SMILES string of the molecule is CCCCCCCC(=O)OC[C@H](COP(=O)(O)OC[C@H](O)COP(=O)(O)OC[C@@H](COC(=O)CCCCCCCCCCCCCCCCC(C)CC)OC(=O)CCCCCCCCCCCCCCCCCCCCC(C)C)OC(=O)CCCCCCCCCCCCC(C)CC. The fraction of sp³-hybridized carbons (Fsp3) is 0.949. The number of phosphoric ester groups is 2. The van der Waals surface area contributed by atoms with Crippen molar-refractivity contribution >= 4 is 39.5 Å². The molecule has 0 radical (unpaired) electrons. The lowest BCUT2D eigenvalue weighted by Gasteiger charge is -2.21. The highest BCUT2D eigenvalue weighted by atomic mass is 31.2. The third-order valence-corrected chi connectivity index (χ3v) is 21.0. The topological polar surface area (TPSA) is 237 Å². The van der Waals surface area contributed by atoms with E-state index in [4.69, 9.17) is 37.0 Å². The summed E-state index contributed by atoms with van der Waals surface area (Å²) >= 11 is 0. The van der Waals surface area contributed by atoms with Crippen molar-refractivity contribution in [3.63, 3.8) is 0 Å². The van der Waals surface area contributed by atoms with Gasteiger partial charge < -0.3 is 33.8 Å². The molecule has 0 rings (SSSR count). The molecule has 4 unspecified atom stereocenters. The lowest BCUT2D eigenvalue weighted by atomic mass is 9.99. The van der Waals surface area contributed by atoms with Crippen LogP contribution in [0, 0.1) is 17.8 Å². The van der Waals surface area contributed by atoms with Gasteiger partial charge in [0, 0.05) is 25.7 Å². The molecule has 0 saturated carbocycles. The maximum atomic E-state index is 13.1. The molecule has 17 nitrogen and oxygen atoms in total. The normalized spacial score (nSPS) is 14.6. The molecule has 0 aromatic rings. The van der Waals surface area contributed by atoms with Crippen LogP contribution in [-0.4, -0.2) is 96.7 Å². The van der Waals surface area contributed by atoms with E-state index in [0.717, 1.165) is 114 Å². The number of phosphoric acid groups is 2. The molecular formula is C79H154O17P2. The molecule has 19 heteroatoms. The Labute approximate surface area is 600 Å². The zero-order chi connectivity index (χ0) is 72.3. The Hall–Kier alpha value is -1.94. The third kappa shape index (κ3) is 69.8. The summed E-state index contributed by atoms with van der Waals surface area (Å²) in [7, 11) is -9.91. The molecule has 0 spiro atoms. The molecule has 0 bridgehead atoms. The maximum Gasteiger partial charge on any atom is 0.472 e. The summed E-state index contributed by atoms with van der Waals surface area (Å²) in [5, 5.41) is 10.6. The average Bonchev–Trinajstić information content (AvgIpc) is 1.09. The predicted octanol–water partition coefficient (Wildman–Crippen LogP) is 23.4. The van der Waals surface area contributed by atoms with Gasteiger partial charge in [0.1, 0.15) is 19.3 Å². The Morgan fingerprint density at radius 2 is 0.520 bits per heavy atom. The summed E-state index contributed by atoms with van der Waals surface area (Å²) < 4.78 is 68.4. The van der Waals surface area contributed by atoms with E-state index in [-0.39, 0.29) is 25.7 Å². The van der Waals surface area contributed by atoms with Crippen LogP contribution in [0.1, 0.15) is 408 Å². The molecule has 0 aromatic carbocycles. The molecule has 0 fully saturated rings. The lowest BCUT2D eigenvalue weighted by Crippen LogP contribution is -2.30. The zero-order valence-electron chi connectivity index (χ0n) is 64.3. The van der Waals surface area contributed by atoms with Crippen LogP contribution in [-0.2, 0) is 65.4 Å². The summed E-state index contributed by atoms with van der Waals surface area (Å²) in [6.07, 6.45) is 57.2. The van der Waals surface area contributed by atoms with Crippen LogP contribution in [0.15, 0.2) is 0 Å². The van der Waals surface area contributed by atoms with Crippen LogP contribution in [0.3, 0.4) is 0 Å². The van der Waals surface area contributed by atoms with E-state index in [1.165, 1.54) is 212 Å². The highest BCUT2D eigenvalue weighted by Gasteiger charge is 2.30. The van der Waals surface area contributed by atoms with Crippen LogP contribution < -0.4 is 0 Å². The number of carbonyl (C=O) groups is 4. The molecule has 3 N–H and O–H groups in total. The van der Waals surface area contributed by atoms with Crippen LogP contribution >= 0.6 is 15.6 Å². The minimum Gasteiger partial charge on any atom is -0.462 e. The number of unbranched alkanes of at least 4 members (excludes halogenated alkanes) is 43. The van der Waals surface area contributed by atoms with Crippen molar-refractivity contribution in [2.75, 3.05) is 39.6 Å².